The Kier molecular flexibility index (Phi) is 4.52. The topological polar surface area (TPSA) is 0 Å². The molecular formula is C22H30. The summed E-state index contributed by atoms with van der Waals surface area (Å²) in [5.74, 6) is 0. The van der Waals surface area contributed by atoms with Crippen LogP contribution < -0.4 is 0 Å². The third-order valence-electron chi connectivity index (χ3n) is 4.54. The van der Waals surface area contributed by atoms with Gasteiger partial charge in [-0.1, -0.05) is 45.0 Å². The van der Waals surface area contributed by atoms with Crippen molar-refractivity contribution in [3.05, 3.63) is 57.6 Å². The maximum absolute atomic E-state index is 2.37. The smallest absolute Gasteiger partial charge is 0.0125 e. The van der Waals surface area contributed by atoms with Crippen LogP contribution >= 0.6 is 0 Å². The normalized spacial score (nSPS) is 11.8. The molecule has 0 saturated heterocycles. The Labute approximate surface area is 136 Å². The molecule has 0 heterocycles. The quantitative estimate of drug-likeness (QED) is 0.594. The lowest BCUT2D eigenvalue weighted by Gasteiger charge is -2.21. The van der Waals surface area contributed by atoms with Crippen molar-refractivity contribution in [2.24, 2.45) is 5.41 Å². The number of aryl methyl sites for hydroxylation is 4. The average molecular weight is 294 g/mol. The highest BCUT2D eigenvalue weighted by Gasteiger charge is 2.14. The highest BCUT2D eigenvalue weighted by molar-refractivity contribution is 5.73. The first-order chi connectivity index (χ1) is 10.1. The van der Waals surface area contributed by atoms with Crippen molar-refractivity contribution in [2.75, 3.05) is 0 Å². The molecule has 0 heteroatoms. The Hall–Kier alpha value is -1.56. The summed E-state index contributed by atoms with van der Waals surface area (Å²) < 4.78 is 0. The molecule has 118 valence electrons. The fourth-order valence-electron chi connectivity index (χ4n) is 3.40. The van der Waals surface area contributed by atoms with Gasteiger partial charge in [0.1, 0.15) is 0 Å². The van der Waals surface area contributed by atoms with Gasteiger partial charge < -0.3 is 0 Å². The summed E-state index contributed by atoms with van der Waals surface area (Å²) in [6.45, 7) is 18.0. The molecule has 0 bridgehead atoms. The van der Waals surface area contributed by atoms with Crippen LogP contribution in [0.3, 0.4) is 0 Å². The van der Waals surface area contributed by atoms with E-state index in [9.17, 15) is 0 Å². The fourth-order valence-corrected chi connectivity index (χ4v) is 3.40. The zero-order valence-corrected chi connectivity index (χ0v) is 15.5. The van der Waals surface area contributed by atoms with Crippen LogP contribution in [0.2, 0.25) is 0 Å². The van der Waals surface area contributed by atoms with Crippen molar-refractivity contribution in [3.63, 3.8) is 0 Å². The van der Waals surface area contributed by atoms with Crippen molar-refractivity contribution in [1.82, 2.24) is 0 Å². The highest BCUT2D eigenvalue weighted by Crippen LogP contribution is 2.32. The Balaban J connectivity index is 2.53. The number of hydrogen-bond donors (Lipinski definition) is 0. The second kappa shape index (κ2) is 5.91. The molecule has 0 unspecified atom stereocenters. The van der Waals surface area contributed by atoms with E-state index < -0.39 is 0 Å². The molecule has 0 atom stereocenters. The molecule has 0 aliphatic heterocycles. The van der Waals surface area contributed by atoms with Crippen LogP contribution in [0.4, 0.5) is 0 Å². The molecule has 0 aliphatic carbocycles. The first-order valence-electron chi connectivity index (χ1n) is 8.27. The predicted molar refractivity (Wildman–Crippen MR) is 98.7 cm³/mol. The molecule has 0 aliphatic rings. The Morgan fingerprint density at radius 1 is 0.682 bits per heavy atom. The molecule has 0 radical (unpaired) electrons. The van der Waals surface area contributed by atoms with Gasteiger partial charge in [0.05, 0.1) is 0 Å². The highest BCUT2D eigenvalue weighted by atomic mass is 14.2. The van der Waals surface area contributed by atoms with Crippen LogP contribution in [0.15, 0.2) is 24.3 Å². The van der Waals surface area contributed by atoms with E-state index >= 15 is 0 Å². The third kappa shape index (κ3) is 3.61. The van der Waals surface area contributed by atoms with Gasteiger partial charge in [-0.25, -0.2) is 0 Å². The van der Waals surface area contributed by atoms with Gasteiger partial charge in [-0.2, -0.15) is 0 Å². The average Bonchev–Trinajstić information content (AvgIpc) is 2.32. The summed E-state index contributed by atoms with van der Waals surface area (Å²) in [4.78, 5) is 0. The molecule has 0 spiro atoms. The minimum atomic E-state index is 0.331. The molecule has 2 rings (SSSR count). The Morgan fingerprint density at radius 2 is 1.14 bits per heavy atom. The summed E-state index contributed by atoms with van der Waals surface area (Å²) in [6.07, 6.45) is 1.13. The second-order valence-corrected chi connectivity index (χ2v) is 8.08. The zero-order valence-electron chi connectivity index (χ0n) is 15.5. The monoisotopic (exact) mass is 294 g/mol. The predicted octanol–water partition coefficient (Wildman–Crippen LogP) is 6.48. The van der Waals surface area contributed by atoms with E-state index in [1.165, 1.54) is 44.5 Å². The van der Waals surface area contributed by atoms with Crippen LogP contribution in [0.5, 0.6) is 0 Å². The van der Waals surface area contributed by atoms with Crippen LogP contribution in [-0.4, -0.2) is 0 Å². The number of hydrogen-bond acceptors (Lipinski definition) is 0. The SMILES string of the molecule is Cc1cc(-c2c(C)cc(CC(C)(C)C)cc2C)cc(C)c1C. The van der Waals surface area contributed by atoms with Crippen molar-refractivity contribution in [3.8, 4) is 11.1 Å². The third-order valence-corrected chi connectivity index (χ3v) is 4.54. The summed E-state index contributed by atoms with van der Waals surface area (Å²) in [5, 5.41) is 0. The van der Waals surface area contributed by atoms with Gasteiger partial charge in [0.25, 0.3) is 0 Å². The molecule has 0 saturated carbocycles. The first-order valence-corrected chi connectivity index (χ1v) is 8.27. The van der Waals surface area contributed by atoms with E-state index in [2.05, 4.69) is 79.7 Å². The first kappa shape index (κ1) is 16.8. The minimum Gasteiger partial charge on any atom is -0.0599 e. The summed E-state index contributed by atoms with van der Waals surface area (Å²) in [6, 6.07) is 9.42. The van der Waals surface area contributed by atoms with Crippen molar-refractivity contribution in [1.29, 1.82) is 0 Å². The molecule has 2 aromatic carbocycles. The van der Waals surface area contributed by atoms with E-state index in [1.54, 1.807) is 0 Å². The van der Waals surface area contributed by atoms with E-state index in [-0.39, 0.29) is 0 Å². The van der Waals surface area contributed by atoms with Crippen LogP contribution in [0, 0.1) is 40.0 Å². The van der Waals surface area contributed by atoms with E-state index in [4.69, 9.17) is 0 Å². The van der Waals surface area contributed by atoms with Gasteiger partial charge in [0.15, 0.2) is 0 Å². The molecular weight excluding hydrogens is 264 g/mol. The minimum absolute atomic E-state index is 0.331. The van der Waals surface area contributed by atoms with E-state index in [1.807, 2.05) is 0 Å². The van der Waals surface area contributed by atoms with Crippen LogP contribution in [-0.2, 0) is 6.42 Å². The second-order valence-electron chi connectivity index (χ2n) is 8.08. The standard InChI is InChI=1S/C22H30/c1-14-11-20(12-15(2)18(14)5)21-16(3)9-19(10-17(21)4)13-22(6,7)8/h9-12H,13H2,1-8H3. The van der Waals surface area contributed by atoms with Crippen molar-refractivity contribution in [2.45, 2.75) is 61.8 Å². The zero-order chi connectivity index (χ0) is 16.7. The maximum atomic E-state index is 2.37. The van der Waals surface area contributed by atoms with Gasteiger partial charge in [-0.05, 0) is 91.0 Å². The molecule has 0 aromatic heterocycles. The molecule has 22 heavy (non-hydrogen) atoms. The Bertz CT molecular complexity index is 650. The molecule has 0 nitrogen and oxygen atoms in total. The molecule has 2 aromatic rings. The maximum Gasteiger partial charge on any atom is -0.0125 e. The van der Waals surface area contributed by atoms with Gasteiger partial charge in [0.2, 0.25) is 0 Å². The fraction of sp³-hybridized carbons (Fsp3) is 0.455. The van der Waals surface area contributed by atoms with Crippen LogP contribution in [0.1, 0.15) is 54.2 Å². The number of benzene rings is 2. The van der Waals surface area contributed by atoms with Crippen LogP contribution in [0.25, 0.3) is 11.1 Å². The van der Waals surface area contributed by atoms with E-state index in [0.717, 1.165) is 6.42 Å². The molecule has 0 fully saturated rings. The Morgan fingerprint density at radius 3 is 1.55 bits per heavy atom. The van der Waals surface area contributed by atoms with E-state index in [0.29, 0.717) is 5.41 Å². The largest absolute Gasteiger partial charge is 0.0599 e. The summed E-state index contributed by atoms with van der Waals surface area (Å²) in [7, 11) is 0. The van der Waals surface area contributed by atoms with Crippen molar-refractivity contribution >= 4 is 0 Å². The lowest BCUT2D eigenvalue weighted by Crippen LogP contribution is -2.09. The molecule has 0 N–H and O–H groups in total. The summed E-state index contributed by atoms with van der Waals surface area (Å²) >= 11 is 0. The lowest BCUT2D eigenvalue weighted by atomic mass is 9.84. The molecule has 0 amide bonds. The lowest BCUT2D eigenvalue weighted by molar-refractivity contribution is 0.411. The van der Waals surface area contributed by atoms with Gasteiger partial charge >= 0.3 is 0 Å². The van der Waals surface area contributed by atoms with Crippen molar-refractivity contribution < 1.29 is 0 Å². The van der Waals surface area contributed by atoms with Gasteiger partial charge in [-0.3, -0.25) is 0 Å². The number of rotatable bonds is 2. The van der Waals surface area contributed by atoms with Gasteiger partial charge in [-0.15, -0.1) is 0 Å². The van der Waals surface area contributed by atoms with Gasteiger partial charge in [0, 0.05) is 0 Å². The summed E-state index contributed by atoms with van der Waals surface area (Å²) in [5.41, 5.74) is 11.5.